The van der Waals surface area contributed by atoms with Gasteiger partial charge in [0.15, 0.2) is 0 Å². The Hall–Kier alpha value is -1.10. The molecular weight excluding hydrogens is 232 g/mol. The molecule has 0 aromatic carbocycles. The van der Waals surface area contributed by atoms with Gasteiger partial charge in [-0.1, -0.05) is 0 Å². The molecule has 5 nitrogen and oxygen atoms in total. The molecule has 0 aromatic rings. The highest BCUT2D eigenvalue weighted by atomic mass is 16.5. The van der Waals surface area contributed by atoms with Crippen LogP contribution in [0.3, 0.4) is 0 Å². The summed E-state index contributed by atoms with van der Waals surface area (Å²) in [6.45, 7) is 7.46. The van der Waals surface area contributed by atoms with Crippen molar-refractivity contribution < 1.29 is 14.3 Å². The number of methoxy groups -OCH3 is 1. The van der Waals surface area contributed by atoms with E-state index in [9.17, 15) is 9.59 Å². The van der Waals surface area contributed by atoms with Crippen LogP contribution in [0.4, 0.5) is 0 Å². The lowest BCUT2D eigenvalue weighted by molar-refractivity contribution is -0.151. The second-order valence-electron chi connectivity index (χ2n) is 5.63. The zero-order valence-corrected chi connectivity index (χ0v) is 12.0. The molecule has 104 valence electrons. The fraction of sp³-hybridized carbons (Fsp3) is 0.846. The van der Waals surface area contributed by atoms with Crippen molar-refractivity contribution in [1.29, 1.82) is 0 Å². The lowest BCUT2D eigenvalue weighted by atomic mass is 9.90. The van der Waals surface area contributed by atoms with E-state index < -0.39 is 5.41 Å². The normalized spacial score (nSPS) is 23.8. The fourth-order valence-corrected chi connectivity index (χ4v) is 2.08. The Bertz CT molecular complexity index is 330. The third-order valence-corrected chi connectivity index (χ3v) is 3.77. The lowest BCUT2D eigenvalue weighted by Crippen LogP contribution is -2.42. The minimum absolute atomic E-state index is 0.0822. The van der Waals surface area contributed by atoms with Gasteiger partial charge in [-0.15, -0.1) is 0 Å². The van der Waals surface area contributed by atoms with E-state index in [2.05, 4.69) is 13.8 Å². The lowest BCUT2D eigenvalue weighted by Gasteiger charge is -2.25. The van der Waals surface area contributed by atoms with Crippen LogP contribution in [0, 0.1) is 5.41 Å². The van der Waals surface area contributed by atoms with Crippen molar-refractivity contribution >= 4 is 11.9 Å². The van der Waals surface area contributed by atoms with Crippen molar-refractivity contribution in [3.8, 4) is 0 Å². The fourth-order valence-electron chi connectivity index (χ4n) is 2.08. The van der Waals surface area contributed by atoms with Gasteiger partial charge in [-0.3, -0.25) is 14.5 Å². The second-order valence-corrected chi connectivity index (χ2v) is 5.63. The average Bonchev–Trinajstić information content (AvgIpc) is 2.72. The minimum Gasteiger partial charge on any atom is -0.469 e. The van der Waals surface area contributed by atoms with Crippen LogP contribution in [0.5, 0.6) is 0 Å². The van der Waals surface area contributed by atoms with Gasteiger partial charge in [-0.2, -0.15) is 0 Å². The number of hydrogen-bond donors (Lipinski definition) is 0. The van der Waals surface area contributed by atoms with Crippen LogP contribution >= 0.6 is 0 Å². The first-order valence-electron chi connectivity index (χ1n) is 6.36. The number of nitrogens with zero attached hydrogens (tertiary/aromatic N) is 2. The van der Waals surface area contributed by atoms with E-state index in [1.165, 1.54) is 7.11 Å². The highest BCUT2D eigenvalue weighted by Crippen LogP contribution is 2.31. The van der Waals surface area contributed by atoms with Gasteiger partial charge in [0.1, 0.15) is 0 Å². The largest absolute Gasteiger partial charge is 0.469 e. The Morgan fingerprint density at radius 2 is 2.06 bits per heavy atom. The summed E-state index contributed by atoms with van der Waals surface area (Å²) in [4.78, 5) is 27.5. The van der Waals surface area contributed by atoms with Gasteiger partial charge in [0, 0.05) is 19.1 Å². The number of carbonyl (C=O) groups is 2. The second kappa shape index (κ2) is 5.69. The maximum absolute atomic E-state index is 12.1. The van der Waals surface area contributed by atoms with Crippen molar-refractivity contribution in [2.45, 2.75) is 33.2 Å². The van der Waals surface area contributed by atoms with E-state index in [4.69, 9.17) is 4.74 Å². The van der Waals surface area contributed by atoms with Crippen LogP contribution in [0.15, 0.2) is 0 Å². The summed E-state index contributed by atoms with van der Waals surface area (Å²) in [6, 6.07) is 0.337. The molecule has 1 heterocycles. The van der Waals surface area contributed by atoms with Gasteiger partial charge in [0.2, 0.25) is 5.91 Å². The van der Waals surface area contributed by atoms with Crippen LogP contribution in [-0.2, 0) is 14.3 Å². The van der Waals surface area contributed by atoms with Gasteiger partial charge in [0.05, 0.1) is 19.1 Å². The molecule has 0 bridgehead atoms. The summed E-state index contributed by atoms with van der Waals surface area (Å²) in [5, 5.41) is 0. The number of likely N-dealkylation sites (N-methyl/N-ethyl adjacent to an activating group) is 1. The van der Waals surface area contributed by atoms with Gasteiger partial charge in [-0.25, -0.2) is 0 Å². The molecular formula is C13H24N2O3. The van der Waals surface area contributed by atoms with Crippen molar-refractivity contribution in [2.75, 3.05) is 33.8 Å². The Labute approximate surface area is 109 Å². The molecule has 0 radical (unpaired) electrons. The molecule has 1 rings (SSSR count). The molecule has 1 amide bonds. The number of amides is 1. The van der Waals surface area contributed by atoms with Crippen LogP contribution in [0.2, 0.25) is 0 Å². The molecule has 1 saturated heterocycles. The first-order valence-corrected chi connectivity index (χ1v) is 6.36. The Morgan fingerprint density at radius 3 is 2.56 bits per heavy atom. The molecule has 0 spiro atoms. The molecule has 0 N–H and O–H groups in total. The van der Waals surface area contributed by atoms with Gasteiger partial charge < -0.3 is 9.64 Å². The number of carbonyl (C=O) groups excluding carboxylic acids is 2. The summed E-state index contributed by atoms with van der Waals surface area (Å²) in [6.07, 6.45) is 0.677. The Kier molecular flexibility index (Phi) is 4.73. The van der Waals surface area contributed by atoms with Crippen LogP contribution in [0.1, 0.15) is 27.2 Å². The van der Waals surface area contributed by atoms with Gasteiger partial charge >= 0.3 is 5.97 Å². The van der Waals surface area contributed by atoms with E-state index >= 15 is 0 Å². The number of ether oxygens (including phenoxy) is 1. The molecule has 1 aliphatic heterocycles. The highest BCUT2D eigenvalue weighted by molar-refractivity contribution is 5.82. The number of esters is 1. The Morgan fingerprint density at radius 1 is 1.44 bits per heavy atom. The zero-order chi connectivity index (χ0) is 13.9. The summed E-state index contributed by atoms with van der Waals surface area (Å²) >= 11 is 0. The van der Waals surface area contributed by atoms with Gasteiger partial charge in [-0.05, 0) is 34.2 Å². The summed E-state index contributed by atoms with van der Waals surface area (Å²) in [5.41, 5.74) is -0.541. The van der Waals surface area contributed by atoms with Crippen molar-refractivity contribution in [1.82, 2.24) is 9.80 Å². The predicted octanol–water partition coefficient (Wildman–Crippen LogP) is 0.738. The molecule has 1 atom stereocenters. The minimum atomic E-state index is -0.541. The average molecular weight is 256 g/mol. The zero-order valence-electron chi connectivity index (χ0n) is 12.0. The van der Waals surface area contributed by atoms with E-state index in [1.807, 2.05) is 18.9 Å². The summed E-state index contributed by atoms with van der Waals surface area (Å²) < 4.78 is 4.80. The molecule has 18 heavy (non-hydrogen) atoms. The highest BCUT2D eigenvalue weighted by Gasteiger charge is 2.42. The number of rotatable bonds is 4. The number of hydrogen-bond acceptors (Lipinski definition) is 4. The van der Waals surface area contributed by atoms with Crippen LogP contribution in [-0.4, -0.2) is 61.5 Å². The summed E-state index contributed by atoms with van der Waals surface area (Å²) in [7, 11) is 3.32. The molecule has 1 fully saturated rings. The first kappa shape index (κ1) is 15.0. The summed E-state index contributed by atoms with van der Waals surface area (Å²) in [5.74, 6) is -0.145. The standard InChI is InChI=1S/C13H24N2O3/c1-10(2)14(4)8-11(16)15-7-6-13(3,9-15)12(17)18-5/h10H,6-9H2,1-5H3. The molecule has 5 heteroatoms. The quantitative estimate of drug-likeness (QED) is 0.696. The smallest absolute Gasteiger partial charge is 0.313 e. The third kappa shape index (κ3) is 3.22. The predicted molar refractivity (Wildman–Crippen MR) is 69.1 cm³/mol. The number of likely N-dealkylation sites (tertiary alicyclic amines) is 1. The first-order chi connectivity index (χ1) is 8.30. The van der Waals surface area contributed by atoms with E-state index in [1.54, 1.807) is 4.90 Å². The van der Waals surface area contributed by atoms with Crippen molar-refractivity contribution in [3.05, 3.63) is 0 Å². The van der Waals surface area contributed by atoms with E-state index in [0.717, 1.165) is 0 Å². The maximum Gasteiger partial charge on any atom is 0.313 e. The molecule has 0 aliphatic carbocycles. The van der Waals surface area contributed by atoms with Crippen LogP contribution in [0.25, 0.3) is 0 Å². The van der Waals surface area contributed by atoms with E-state index in [0.29, 0.717) is 32.1 Å². The van der Waals surface area contributed by atoms with Crippen molar-refractivity contribution in [3.63, 3.8) is 0 Å². The third-order valence-electron chi connectivity index (χ3n) is 3.77. The molecule has 0 saturated carbocycles. The van der Waals surface area contributed by atoms with E-state index in [-0.39, 0.29) is 11.9 Å². The van der Waals surface area contributed by atoms with Gasteiger partial charge in [0.25, 0.3) is 0 Å². The topological polar surface area (TPSA) is 49.9 Å². The van der Waals surface area contributed by atoms with Crippen molar-refractivity contribution in [2.24, 2.45) is 5.41 Å². The maximum atomic E-state index is 12.1. The SMILES string of the molecule is COC(=O)C1(C)CCN(C(=O)CN(C)C(C)C)C1. The molecule has 0 aromatic heterocycles. The Balaban J connectivity index is 2.56. The monoisotopic (exact) mass is 256 g/mol. The molecule has 1 aliphatic rings. The molecule has 1 unspecified atom stereocenters. The van der Waals surface area contributed by atoms with Crippen LogP contribution < -0.4 is 0 Å².